The Kier molecular flexibility index (Phi) is 4.00. The summed E-state index contributed by atoms with van der Waals surface area (Å²) in [5, 5.41) is 12.6. The minimum Gasteiger partial charge on any atom is -0.395 e. The molecule has 1 fully saturated rings. The first-order valence-corrected chi connectivity index (χ1v) is 6.62. The molecule has 1 aliphatic carbocycles. The normalized spacial score (nSPS) is 19.4. The molecule has 0 aliphatic heterocycles. The van der Waals surface area contributed by atoms with Crippen molar-refractivity contribution < 1.29 is 5.11 Å². The molecule has 2 N–H and O–H groups in total. The maximum Gasteiger partial charge on any atom is 0.0582 e. The summed E-state index contributed by atoms with van der Waals surface area (Å²) in [5.41, 5.74) is 1.33. The monoisotopic (exact) mass is 283 g/mol. The molecule has 2 atom stereocenters. The van der Waals surface area contributed by atoms with Gasteiger partial charge in [-0.3, -0.25) is 0 Å². The SMILES string of the molecule is C[C@@H](CO)N[C@H](c1ccc(Br)cc1)C1CC1. The lowest BCUT2D eigenvalue weighted by Gasteiger charge is -2.22. The zero-order valence-electron chi connectivity index (χ0n) is 9.49. The van der Waals surface area contributed by atoms with Crippen LogP contribution in [-0.4, -0.2) is 17.8 Å². The van der Waals surface area contributed by atoms with Crippen molar-refractivity contribution in [1.29, 1.82) is 0 Å². The van der Waals surface area contributed by atoms with Crippen molar-refractivity contribution in [3.63, 3.8) is 0 Å². The third-order valence-electron chi connectivity index (χ3n) is 3.06. The van der Waals surface area contributed by atoms with Gasteiger partial charge in [0.05, 0.1) is 6.61 Å². The number of aliphatic hydroxyl groups excluding tert-OH is 1. The van der Waals surface area contributed by atoms with E-state index in [1.54, 1.807) is 0 Å². The van der Waals surface area contributed by atoms with Gasteiger partial charge in [-0.2, -0.15) is 0 Å². The van der Waals surface area contributed by atoms with Crippen molar-refractivity contribution in [1.82, 2.24) is 5.32 Å². The summed E-state index contributed by atoms with van der Waals surface area (Å²) in [6.45, 7) is 2.22. The minimum atomic E-state index is 0.161. The van der Waals surface area contributed by atoms with Gasteiger partial charge in [0.2, 0.25) is 0 Å². The lowest BCUT2D eigenvalue weighted by atomic mass is 10.0. The first kappa shape index (κ1) is 12.1. The first-order chi connectivity index (χ1) is 7.70. The Bertz CT molecular complexity index is 334. The van der Waals surface area contributed by atoms with Gasteiger partial charge in [0, 0.05) is 16.6 Å². The molecule has 2 rings (SSSR count). The molecule has 1 saturated carbocycles. The summed E-state index contributed by atoms with van der Waals surface area (Å²) in [4.78, 5) is 0. The lowest BCUT2D eigenvalue weighted by Crippen LogP contribution is -2.34. The van der Waals surface area contributed by atoms with Crippen LogP contribution in [0.1, 0.15) is 31.4 Å². The highest BCUT2D eigenvalue weighted by Gasteiger charge is 2.32. The van der Waals surface area contributed by atoms with Crippen LogP contribution in [0.3, 0.4) is 0 Å². The minimum absolute atomic E-state index is 0.161. The maximum absolute atomic E-state index is 9.11. The lowest BCUT2D eigenvalue weighted by molar-refractivity contribution is 0.236. The molecular formula is C13H18BrNO. The average Bonchev–Trinajstić information content (AvgIpc) is 3.11. The van der Waals surface area contributed by atoms with Gasteiger partial charge in [-0.05, 0) is 43.4 Å². The highest BCUT2D eigenvalue weighted by molar-refractivity contribution is 9.10. The van der Waals surface area contributed by atoms with E-state index < -0.39 is 0 Å². The van der Waals surface area contributed by atoms with Gasteiger partial charge >= 0.3 is 0 Å². The van der Waals surface area contributed by atoms with E-state index in [4.69, 9.17) is 5.11 Å². The van der Waals surface area contributed by atoms with Crippen molar-refractivity contribution in [2.75, 3.05) is 6.61 Å². The number of hydrogen-bond donors (Lipinski definition) is 2. The smallest absolute Gasteiger partial charge is 0.0582 e. The van der Waals surface area contributed by atoms with Gasteiger partial charge in [-0.25, -0.2) is 0 Å². The van der Waals surface area contributed by atoms with E-state index in [1.165, 1.54) is 18.4 Å². The van der Waals surface area contributed by atoms with Crippen LogP contribution in [0.4, 0.5) is 0 Å². The maximum atomic E-state index is 9.11. The zero-order chi connectivity index (χ0) is 11.5. The molecule has 1 aromatic rings. The standard InChI is InChI=1S/C13H18BrNO/c1-9(8-16)15-13(10-2-3-10)11-4-6-12(14)7-5-11/h4-7,9-10,13,15-16H,2-3,8H2,1H3/t9-,13-/m0/s1. The highest BCUT2D eigenvalue weighted by Crippen LogP contribution is 2.41. The molecule has 0 unspecified atom stereocenters. The zero-order valence-corrected chi connectivity index (χ0v) is 11.1. The molecule has 3 heteroatoms. The highest BCUT2D eigenvalue weighted by atomic mass is 79.9. The largest absolute Gasteiger partial charge is 0.395 e. The van der Waals surface area contributed by atoms with Gasteiger partial charge in [0.1, 0.15) is 0 Å². The van der Waals surface area contributed by atoms with Gasteiger partial charge in [0.25, 0.3) is 0 Å². The fourth-order valence-electron chi connectivity index (χ4n) is 1.96. The predicted octanol–water partition coefficient (Wildman–Crippen LogP) is 2.87. The van der Waals surface area contributed by atoms with Crippen LogP contribution >= 0.6 is 15.9 Å². The molecule has 0 saturated heterocycles. The van der Waals surface area contributed by atoms with E-state index in [0.717, 1.165) is 10.4 Å². The number of aliphatic hydroxyl groups is 1. The summed E-state index contributed by atoms with van der Waals surface area (Å²) in [6.07, 6.45) is 2.59. The second kappa shape index (κ2) is 5.30. The van der Waals surface area contributed by atoms with Crippen LogP contribution in [0.15, 0.2) is 28.7 Å². The summed E-state index contributed by atoms with van der Waals surface area (Å²) in [6, 6.07) is 9.03. The van der Waals surface area contributed by atoms with Gasteiger partial charge in [0.15, 0.2) is 0 Å². The Morgan fingerprint density at radius 3 is 2.50 bits per heavy atom. The van der Waals surface area contributed by atoms with E-state index >= 15 is 0 Å². The Morgan fingerprint density at radius 1 is 1.38 bits per heavy atom. The van der Waals surface area contributed by atoms with Crippen molar-refractivity contribution >= 4 is 15.9 Å². The number of halogens is 1. The quantitative estimate of drug-likeness (QED) is 0.871. The van der Waals surface area contributed by atoms with Crippen LogP contribution in [-0.2, 0) is 0 Å². The van der Waals surface area contributed by atoms with E-state index in [0.29, 0.717) is 6.04 Å². The van der Waals surface area contributed by atoms with Crippen molar-refractivity contribution in [2.24, 2.45) is 5.92 Å². The Labute approximate surface area is 105 Å². The fraction of sp³-hybridized carbons (Fsp3) is 0.538. The molecule has 0 spiro atoms. The molecule has 1 aromatic carbocycles. The van der Waals surface area contributed by atoms with E-state index in [-0.39, 0.29) is 12.6 Å². The summed E-state index contributed by atoms with van der Waals surface area (Å²) in [7, 11) is 0. The molecule has 0 heterocycles. The topological polar surface area (TPSA) is 32.3 Å². The first-order valence-electron chi connectivity index (χ1n) is 5.83. The summed E-state index contributed by atoms with van der Waals surface area (Å²) in [5.74, 6) is 0.746. The van der Waals surface area contributed by atoms with Gasteiger partial charge < -0.3 is 10.4 Å². The second-order valence-electron chi connectivity index (χ2n) is 4.62. The molecule has 16 heavy (non-hydrogen) atoms. The number of benzene rings is 1. The molecular weight excluding hydrogens is 266 g/mol. The molecule has 2 nitrogen and oxygen atoms in total. The van der Waals surface area contributed by atoms with Gasteiger partial charge in [-0.1, -0.05) is 28.1 Å². The van der Waals surface area contributed by atoms with E-state index in [9.17, 15) is 0 Å². The van der Waals surface area contributed by atoms with Crippen LogP contribution in [0.5, 0.6) is 0 Å². The number of rotatable bonds is 5. The predicted molar refractivity (Wildman–Crippen MR) is 69.3 cm³/mol. The summed E-state index contributed by atoms with van der Waals surface area (Å²) >= 11 is 3.45. The third kappa shape index (κ3) is 3.06. The second-order valence-corrected chi connectivity index (χ2v) is 5.53. The Balaban J connectivity index is 2.09. The van der Waals surface area contributed by atoms with Crippen molar-refractivity contribution in [3.8, 4) is 0 Å². The van der Waals surface area contributed by atoms with Crippen LogP contribution in [0.2, 0.25) is 0 Å². The molecule has 88 valence electrons. The van der Waals surface area contributed by atoms with Crippen molar-refractivity contribution in [2.45, 2.75) is 31.8 Å². The van der Waals surface area contributed by atoms with Crippen LogP contribution in [0.25, 0.3) is 0 Å². The number of hydrogen-bond acceptors (Lipinski definition) is 2. The molecule has 0 radical (unpaired) electrons. The molecule has 0 amide bonds. The van der Waals surface area contributed by atoms with Gasteiger partial charge in [-0.15, -0.1) is 0 Å². The molecule has 1 aliphatic rings. The molecule has 0 aromatic heterocycles. The fourth-order valence-corrected chi connectivity index (χ4v) is 2.23. The Hall–Kier alpha value is -0.380. The third-order valence-corrected chi connectivity index (χ3v) is 3.59. The van der Waals surface area contributed by atoms with Crippen LogP contribution in [0, 0.1) is 5.92 Å². The van der Waals surface area contributed by atoms with Crippen molar-refractivity contribution in [3.05, 3.63) is 34.3 Å². The van der Waals surface area contributed by atoms with Crippen LogP contribution < -0.4 is 5.32 Å². The summed E-state index contributed by atoms with van der Waals surface area (Å²) < 4.78 is 1.11. The number of nitrogens with one attached hydrogen (secondary N) is 1. The Morgan fingerprint density at radius 2 is 2.00 bits per heavy atom. The van der Waals surface area contributed by atoms with E-state index in [2.05, 4.69) is 45.5 Å². The molecule has 0 bridgehead atoms. The van der Waals surface area contributed by atoms with E-state index in [1.807, 2.05) is 6.92 Å². The average molecular weight is 284 g/mol.